The second-order valence-electron chi connectivity index (χ2n) is 7.02. The predicted molar refractivity (Wildman–Crippen MR) is 119 cm³/mol. The van der Waals surface area contributed by atoms with E-state index < -0.39 is 0 Å². The summed E-state index contributed by atoms with van der Waals surface area (Å²) in [5.41, 5.74) is 0. The Morgan fingerprint density at radius 1 is 1.43 bits per heavy atom. The first-order chi connectivity index (χ1) is 14.5. The fourth-order valence-corrected chi connectivity index (χ4v) is 3.35. The van der Waals surface area contributed by atoms with Gasteiger partial charge in [0.25, 0.3) is 5.19 Å². The summed E-state index contributed by atoms with van der Waals surface area (Å²) >= 11 is 7.70. The lowest BCUT2D eigenvalue weighted by atomic mass is 10.3. The largest absolute Gasteiger partial charge is 0.493 e. The van der Waals surface area contributed by atoms with E-state index in [1.165, 1.54) is 24.2 Å². The number of carbonyl (C=O) groups excluding carboxylic acids is 1. The molecule has 0 bridgehead atoms. The van der Waals surface area contributed by atoms with E-state index in [9.17, 15) is 4.79 Å². The number of methoxy groups -OCH3 is 1. The smallest absolute Gasteiger partial charge is 0.315 e. The normalized spacial score (nSPS) is 14.5. The molecule has 1 heterocycles. The summed E-state index contributed by atoms with van der Waals surface area (Å²) in [7, 11) is 1.59. The third-order valence-corrected chi connectivity index (χ3v) is 5.42. The van der Waals surface area contributed by atoms with Gasteiger partial charge in [0.2, 0.25) is 0 Å². The van der Waals surface area contributed by atoms with Crippen LogP contribution in [-0.2, 0) is 4.74 Å². The Balaban J connectivity index is 1.48. The van der Waals surface area contributed by atoms with E-state index in [0.717, 1.165) is 17.2 Å². The molecule has 0 aliphatic heterocycles. The van der Waals surface area contributed by atoms with Crippen LogP contribution in [0, 0.1) is 5.92 Å². The summed E-state index contributed by atoms with van der Waals surface area (Å²) in [6, 6.07) is 5.02. The summed E-state index contributed by atoms with van der Waals surface area (Å²) in [4.78, 5) is 16.9. The molecule has 0 unspecified atom stereocenters. The quantitative estimate of drug-likeness (QED) is 0.483. The Bertz CT molecular complexity index is 870. The molecule has 0 radical (unpaired) electrons. The van der Waals surface area contributed by atoms with E-state index >= 15 is 0 Å². The summed E-state index contributed by atoms with van der Waals surface area (Å²) in [6.45, 7) is 3.56. The maximum atomic E-state index is 11.7. The fraction of sp³-hybridized carbons (Fsp3) is 0.429. The van der Waals surface area contributed by atoms with Gasteiger partial charge in [-0.2, -0.15) is 0 Å². The van der Waals surface area contributed by atoms with Crippen LogP contribution < -0.4 is 20.1 Å². The van der Waals surface area contributed by atoms with Gasteiger partial charge in [0.15, 0.2) is 0 Å². The van der Waals surface area contributed by atoms with Crippen molar-refractivity contribution in [2.75, 3.05) is 26.9 Å². The molecule has 1 aromatic heterocycles. The molecule has 0 spiro atoms. The number of carbonyl (C=O) groups is 1. The van der Waals surface area contributed by atoms with Gasteiger partial charge >= 0.3 is 6.03 Å². The van der Waals surface area contributed by atoms with Gasteiger partial charge in [0, 0.05) is 32.0 Å². The van der Waals surface area contributed by atoms with E-state index in [-0.39, 0.29) is 12.1 Å². The molecule has 9 heteroatoms. The summed E-state index contributed by atoms with van der Waals surface area (Å²) in [5.74, 6) is 1.96. The summed E-state index contributed by atoms with van der Waals surface area (Å²) in [5, 5.41) is 6.50. The van der Waals surface area contributed by atoms with E-state index in [0.29, 0.717) is 35.0 Å². The highest BCUT2D eigenvalue weighted by Gasteiger charge is 2.22. The van der Waals surface area contributed by atoms with Crippen LogP contribution in [0.5, 0.6) is 16.7 Å². The minimum atomic E-state index is -0.239. The Hall–Kier alpha value is -2.29. The monoisotopic (exact) mass is 451 g/mol. The lowest BCUT2D eigenvalue weighted by Crippen LogP contribution is -2.41. The van der Waals surface area contributed by atoms with Gasteiger partial charge in [-0.1, -0.05) is 29.0 Å². The summed E-state index contributed by atoms with van der Waals surface area (Å²) < 4.78 is 16.4. The van der Waals surface area contributed by atoms with E-state index in [1.54, 1.807) is 25.4 Å². The number of nitrogens with zero attached hydrogens (tertiary/aromatic N) is 1. The first-order valence-electron chi connectivity index (χ1n) is 9.81. The Morgan fingerprint density at radius 3 is 3.00 bits per heavy atom. The van der Waals surface area contributed by atoms with Crippen LogP contribution in [0.1, 0.15) is 24.6 Å². The number of rotatable bonds is 11. The highest BCUT2D eigenvalue weighted by Crippen LogP contribution is 2.35. The molecule has 2 amide bonds. The molecule has 2 N–H and O–H groups in total. The second-order valence-corrected chi connectivity index (χ2v) is 8.45. The van der Waals surface area contributed by atoms with Crippen LogP contribution in [0.3, 0.4) is 0 Å². The van der Waals surface area contributed by atoms with Crippen LogP contribution in [0.2, 0.25) is 5.02 Å². The van der Waals surface area contributed by atoms with Gasteiger partial charge in [-0.25, -0.2) is 9.78 Å². The number of ether oxygens (including phenoxy) is 3. The maximum Gasteiger partial charge on any atom is 0.315 e. The van der Waals surface area contributed by atoms with Gasteiger partial charge in [-0.05, 0) is 43.9 Å². The van der Waals surface area contributed by atoms with Crippen molar-refractivity contribution in [3.05, 3.63) is 40.4 Å². The minimum absolute atomic E-state index is 0.142. The molecule has 162 valence electrons. The Labute approximate surface area is 185 Å². The number of halogens is 1. The Morgan fingerprint density at radius 2 is 2.27 bits per heavy atom. The molecule has 2 aromatic rings. The lowest BCUT2D eigenvalue weighted by molar-refractivity contribution is 0.195. The van der Waals surface area contributed by atoms with Crippen LogP contribution in [0.4, 0.5) is 4.79 Å². The van der Waals surface area contributed by atoms with Gasteiger partial charge in [0.1, 0.15) is 11.5 Å². The van der Waals surface area contributed by atoms with E-state index in [2.05, 4.69) is 15.6 Å². The zero-order valence-electron chi connectivity index (χ0n) is 17.0. The van der Waals surface area contributed by atoms with Gasteiger partial charge in [0.05, 0.1) is 23.1 Å². The van der Waals surface area contributed by atoms with Gasteiger partial charge in [-0.15, -0.1) is 0 Å². The van der Waals surface area contributed by atoms with Crippen molar-refractivity contribution in [2.45, 2.75) is 25.8 Å². The Kier molecular flexibility index (Phi) is 8.36. The highest BCUT2D eigenvalue weighted by molar-refractivity contribution is 7.14. The van der Waals surface area contributed by atoms with Crippen molar-refractivity contribution in [3.8, 4) is 16.7 Å². The average Bonchev–Trinajstić information content (AvgIpc) is 3.44. The third kappa shape index (κ3) is 7.51. The molecule has 0 saturated heterocycles. The molecule has 1 aliphatic carbocycles. The zero-order valence-corrected chi connectivity index (χ0v) is 18.6. The molecule has 30 heavy (non-hydrogen) atoms. The van der Waals surface area contributed by atoms with Crippen LogP contribution in [0.25, 0.3) is 6.08 Å². The maximum absolute atomic E-state index is 11.7. The lowest BCUT2D eigenvalue weighted by Gasteiger charge is -2.10. The van der Waals surface area contributed by atoms with Crippen molar-refractivity contribution in [1.29, 1.82) is 0 Å². The molecule has 1 atom stereocenters. The van der Waals surface area contributed by atoms with Crippen molar-refractivity contribution in [1.82, 2.24) is 15.6 Å². The van der Waals surface area contributed by atoms with E-state index in [4.69, 9.17) is 25.8 Å². The highest BCUT2D eigenvalue weighted by atomic mass is 35.5. The molecule has 1 aliphatic rings. The van der Waals surface area contributed by atoms with Gasteiger partial charge < -0.3 is 24.8 Å². The number of nitrogens with one attached hydrogen (secondary N) is 2. The fourth-order valence-electron chi connectivity index (χ4n) is 2.45. The number of benzene rings is 1. The molecule has 3 rings (SSSR count). The van der Waals surface area contributed by atoms with Crippen LogP contribution in [-0.4, -0.2) is 43.9 Å². The second kappa shape index (κ2) is 11.2. The first-order valence-corrected chi connectivity index (χ1v) is 11.0. The topological polar surface area (TPSA) is 81.7 Å². The zero-order chi connectivity index (χ0) is 21.3. The van der Waals surface area contributed by atoms with Crippen molar-refractivity contribution < 1.29 is 19.0 Å². The van der Waals surface area contributed by atoms with Crippen LogP contribution >= 0.6 is 22.9 Å². The van der Waals surface area contributed by atoms with Crippen LogP contribution in [0.15, 0.2) is 30.5 Å². The number of hydrogen-bond donors (Lipinski definition) is 2. The van der Waals surface area contributed by atoms with Crippen molar-refractivity contribution in [2.24, 2.45) is 5.92 Å². The number of urea groups is 1. The molecule has 1 fully saturated rings. The number of amides is 2. The number of thiazole rings is 1. The first kappa shape index (κ1) is 22.4. The van der Waals surface area contributed by atoms with E-state index in [1.807, 2.05) is 25.1 Å². The minimum Gasteiger partial charge on any atom is -0.493 e. The average molecular weight is 452 g/mol. The predicted octanol–water partition coefficient (Wildman–Crippen LogP) is 4.72. The molecular weight excluding hydrogens is 426 g/mol. The summed E-state index contributed by atoms with van der Waals surface area (Å²) in [6.07, 6.45) is 7.97. The standard InChI is InChI=1S/C21H26ClN3O4S/c1-14(25-20(26)23-9-10-27-2)3-7-17-12-24-21(30-17)29-19-8-6-16(11-18(19)22)28-13-15-4-5-15/h3,6-8,11-12,14-15H,4-5,9-10,13H2,1-2H3,(H2,23,25,26)/b7-3+/t14-/m0/s1. The van der Waals surface area contributed by atoms with Crippen molar-refractivity contribution in [3.63, 3.8) is 0 Å². The number of aromatic nitrogens is 1. The molecule has 7 nitrogen and oxygen atoms in total. The van der Waals surface area contributed by atoms with Crippen molar-refractivity contribution >= 4 is 35.0 Å². The molecular formula is C21H26ClN3O4S. The SMILES string of the molecule is COCCNC(=O)N[C@@H](C)/C=C/c1cnc(Oc2ccc(OCC3CC3)cc2Cl)s1. The third-order valence-electron chi connectivity index (χ3n) is 4.29. The van der Waals surface area contributed by atoms with Gasteiger partial charge in [-0.3, -0.25) is 0 Å². The molecule has 1 saturated carbocycles. The number of hydrogen-bond acceptors (Lipinski definition) is 6. The molecule has 1 aromatic carbocycles.